The van der Waals surface area contributed by atoms with Crippen molar-refractivity contribution in [3.63, 3.8) is 0 Å². The van der Waals surface area contributed by atoms with E-state index in [1.807, 2.05) is 31.2 Å². The number of carbonyl (C=O) groups is 1. The van der Waals surface area contributed by atoms with E-state index in [4.69, 9.17) is 5.84 Å². The fourth-order valence-electron chi connectivity index (χ4n) is 1.82. The van der Waals surface area contributed by atoms with Crippen LogP contribution in [0.5, 0.6) is 0 Å². The van der Waals surface area contributed by atoms with Gasteiger partial charge in [-0.1, -0.05) is 39.8 Å². The molecule has 2 aromatic rings. The Balaban J connectivity index is 1.94. The maximum Gasteiger partial charge on any atom is 0.294 e. The second kappa shape index (κ2) is 7.60. The number of rotatable bonds is 5. The van der Waals surface area contributed by atoms with Gasteiger partial charge in [0.05, 0.1) is 11.8 Å². The lowest BCUT2D eigenvalue weighted by Crippen LogP contribution is -2.33. The third kappa shape index (κ3) is 4.55. The molecule has 1 amide bonds. The lowest BCUT2D eigenvalue weighted by molar-refractivity contribution is -0.119. The largest absolute Gasteiger partial charge is 0.349 e. The number of amides is 1. The third-order valence-corrected chi connectivity index (χ3v) is 4.57. The zero-order valence-corrected chi connectivity index (χ0v) is 15.0. The molecule has 0 aliphatic rings. The molecule has 0 saturated carbocycles. The monoisotopic (exact) mass is 397 g/mol. The van der Waals surface area contributed by atoms with E-state index in [1.165, 1.54) is 6.92 Å². The van der Waals surface area contributed by atoms with Gasteiger partial charge < -0.3 is 11.2 Å². The fourth-order valence-corrected chi connectivity index (χ4v) is 2.74. The molecule has 9 heteroatoms. The number of nitrogen functional groups attached to an aromatic ring is 1. The highest BCUT2D eigenvalue weighted by atomic mass is 79.9. The minimum Gasteiger partial charge on any atom is -0.349 e. The van der Waals surface area contributed by atoms with Gasteiger partial charge in [-0.15, -0.1) is 10.2 Å². The van der Waals surface area contributed by atoms with Crippen molar-refractivity contribution in [2.45, 2.75) is 25.0 Å². The average Bonchev–Trinajstić information content (AvgIpc) is 2.52. The molecule has 0 aliphatic heterocycles. The van der Waals surface area contributed by atoms with Crippen molar-refractivity contribution in [1.82, 2.24) is 20.2 Å². The Morgan fingerprint density at radius 2 is 2.04 bits per heavy atom. The average molecular weight is 398 g/mol. The lowest BCUT2D eigenvalue weighted by Gasteiger charge is -2.14. The Kier molecular flexibility index (Phi) is 5.78. The van der Waals surface area contributed by atoms with Crippen molar-refractivity contribution in [3.05, 3.63) is 50.3 Å². The Bertz CT molecular complexity index is 763. The van der Waals surface area contributed by atoms with Gasteiger partial charge >= 0.3 is 0 Å². The number of aryl methyl sites for hydroxylation is 1. The van der Waals surface area contributed by atoms with Gasteiger partial charge in [0.1, 0.15) is 5.69 Å². The van der Waals surface area contributed by atoms with Crippen LogP contribution in [-0.2, 0) is 4.79 Å². The number of thioether (sulfide) groups is 1. The first-order valence-corrected chi connectivity index (χ1v) is 8.55. The molecular formula is C14H16BrN5O2S. The molecule has 1 aromatic heterocycles. The van der Waals surface area contributed by atoms with Crippen LogP contribution >= 0.6 is 27.7 Å². The van der Waals surface area contributed by atoms with Crippen molar-refractivity contribution in [1.29, 1.82) is 0 Å². The van der Waals surface area contributed by atoms with E-state index >= 15 is 0 Å². The second-order valence-electron chi connectivity index (χ2n) is 4.87. The first-order valence-electron chi connectivity index (χ1n) is 6.77. The minimum atomic E-state index is -0.425. The summed E-state index contributed by atoms with van der Waals surface area (Å²) >= 11 is 4.43. The molecule has 0 aliphatic carbocycles. The molecule has 0 unspecified atom stereocenters. The van der Waals surface area contributed by atoms with Crippen LogP contribution in [0.3, 0.4) is 0 Å². The topological polar surface area (TPSA) is 103 Å². The SMILES string of the molecule is Cc1nnc(SCC(=O)N[C@H](C)c2ccc(Br)cc2)n(N)c1=O. The van der Waals surface area contributed by atoms with E-state index in [0.29, 0.717) is 0 Å². The summed E-state index contributed by atoms with van der Waals surface area (Å²) in [7, 11) is 0. The van der Waals surface area contributed by atoms with Gasteiger partial charge in [0, 0.05) is 4.47 Å². The van der Waals surface area contributed by atoms with Crippen LogP contribution in [-0.4, -0.2) is 26.5 Å². The molecule has 1 heterocycles. The van der Waals surface area contributed by atoms with E-state index in [2.05, 4.69) is 31.4 Å². The lowest BCUT2D eigenvalue weighted by atomic mass is 10.1. The quantitative estimate of drug-likeness (QED) is 0.583. The standard InChI is InChI=1S/C14H16BrN5O2S/c1-8(10-3-5-11(15)6-4-10)17-12(21)7-23-14-19-18-9(2)13(22)20(14)16/h3-6,8H,7,16H2,1-2H3,(H,17,21)/t8-/m1/s1. The highest BCUT2D eigenvalue weighted by Gasteiger charge is 2.13. The van der Waals surface area contributed by atoms with Crippen LogP contribution in [0.25, 0.3) is 0 Å². The molecule has 0 spiro atoms. The molecule has 2 rings (SSSR count). The molecule has 23 heavy (non-hydrogen) atoms. The van der Waals surface area contributed by atoms with Crippen molar-refractivity contribution >= 4 is 33.6 Å². The van der Waals surface area contributed by atoms with Crippen LogP contribution < -0.4 is 16.7 Å². The predicted octanol–water partition coefficient (Wildman–Crippen LogP) is 1.39. The molecule has 3 N–H and O–H groups in total. The normalized spacial score (nSPS) is 12.0. The summed E-state index contributed by atoms with van der Waals surface area (Å²) in [5.74, 6) is 5.53. The molecule has 0 radical (unpaired) electrons. The van der Waals surface area contributed by atoms with Crippen molar-refractivity contribution in [2.75, 3.05) is 11.6 Å². The number of benzene rings is 1. The van der Waals surface area contributed by atoms with Crippen molar-refractivity contribution < 1.29 is 4.79 Å². The second-order valence-corrected chi connectivity index (χ2v) is 6.73. The summed E-state index contributed by atoms with van der Waals surface area (Å²) in [4.78, 5) is 23.7. The van der Waals surface area contributed by atoms with E-state index < -0.39 is 5.56 Å². The number of nitrogens with zero attached hydrogens (tertiary/aromatic N) is 3. The molecule has 0 bridgehead atoms. The molecule has 7 nitrogen and oxygen atoms in total. The van der Waals surface area contributed by atoms with E-state index in [0.717, 1.165) is 26.5 Å². The summed E-state index contributed by atoms with van der Waals surface area (Å²) in [5, 5.41) is 10.6. The summed E-state index contributed by atoms with van der Waals surface area (Å²) in [6.07, 6.45) is 0. The van der Waals surface area contributed by atoms with E-state index in [1.54, 1.807) is 0 Å². The highest BCUT2D eigenvalue weighted by molar-refractivity contribution is 9.10. The van der Waals surface area contributed by atoms with Crippen molar-refractivity contribution in [2.24, 2.45) is 0 Å². The maximum absolute atomic E-state index is 12.0. The number of nitrogens with one attached hydrogen (secondary N) is 1. The Labute approximate surface area is 145 Å². The van der Waals surface area contributed by atoms with Gasteiger partial charge in [-0.25, -0.2) is 0 Å². The van der Waals surface area contributed by atoms with Gasteiger partial charge in [0.25, 0.3) is 5.56 Å². The van der Waals surface area contributed by atoms with Crippen molar-refractivity contribution in [3.8, 4) is 0 Å². The predicted molar refractivity (Wildman–Crippen MR) is 92.6 cm³/mol. The first kappa shape index (κ1) is 17.5. The Morgan fingerprint density at radius 3 is 2.70 bits per heavy atom. The zero-order chi connectivity index (χ0) is 17.0. The molecular weight excluding hydrogens is 382 g/mol. The summed E-state index contributed by atoms with van der Waals surface area (Å²) in [6, 6.07) is 7.58. The fraction of sp³-hybridized carbons (Fsp3) is 0.286. The highest BCUT2D eigenvalue weighted by Crippen LogP contribution is 2.17. The molecule has 1 atom stereocenters. The Hall–Kier alpha value is -1.87. The third-order valence-electron chi connectivity index (χ3n) is 3.10. The minimum absolute atomic E-state index is 0.0925. The first-order chi connectivity index (χ1) is 10.9. The van der Waals surface area contributed by atoms with Crippen LogP contribution in [0.2, 0.25) is 0 Å². The summed E-state index contributed by atoms with van der Waals surface area (Å²) < 4.78 is 1.88. The van der Waals surface area contributed by atoms with Crippen LogP contribution in [0.4, 0.5) is 0 Å². The molecule has 0 fully saturated rings. The van der Waals surface area contributed by atoms with Crippen LogP contribution in [0.15, 0.2) is 38.7 Å². The zero-order valence-electron chi connectivity index (χ0n) is 12.6. The van der Waals surface area contributed by atoms with E-state index in [9.17, 15) is 9.59 Å². The Morgan fingerprint density at radius 1 is 1.39 bits per heavy atom. The van der Waals surface area contributed by atoms with E-state index in [-0.39, 0.29) is 28.6 Å². The number of hydrogen-bond acceptors (Lipinski definition) is 6. The van der Waals surface area contributed by atoms with Crippen LogP contribution in [0.1, 0.15) is 24.2 Å². The van der Waals surface area contributed by atoms with Gasteiger partial charge in [-0.05, 0) is 31.5 Å². The number of hydrogen-bond donors (Lipinski definition) is 2. The van der Waals surface area contributed by atoms with Gasteiger partial charge in [-0.3, -0.25) is 9.59 Å². The molecule has 0 saturated heterocycles. The maximum atomic E-state index is 12.0. The van der Waals surface area contributed by atoms with Gasteiger partial charge in [0.2, 0.25) is 11.1 Å². The number of nitrogens with two attached hydrogens (primary N) is 1. The molecule has 1 aromatic carbocycles. The molecule has 122 valence electrons. The smallest absolute Gasteiger partial charge is 0.294 e. The summed E-state index contributed by atoms with van der Waals surface area (Å²) in [6.45, 7) is 3.43. The number of carbonyl (C=O) groups excluding carboxylic acids is 1. The number of aromatic nitrogens is 3. The number of halogens is 1. The summed E-state index contributed by atoms with van der Waals surface area (Å²) in [5.41, 5.74) is 0.786. The van der Waals surface area contributed by atoms with Gasteiger partial charge in [0.15, 0.2) is 0 Å². The van der Waals surface area contributed by atoms with Crippen LogP contribution in [0, 0.1) is 6.92 Å². The van der Waals surface area contributed by atoms with Gasteiger partial charge in [-0.2, -0.15) is 4.68 Å².